The van der Waals surface area contributed by atoms with Crippen molar-refractivity contribution in [3.05, 3.63) is 40.5 Å². The highest BCUT2D eigenvalue weighted by molar-refractivity contribution is 5.63. The van der Waals surface area contributed by atoms with Crippen LogP contribution in [0.4, 0.5) is 0 Å². The van der Waals surface area contributed by atoms with Crippen molar-refractivity contribution in [1.82, 2.24) is 0 Å². The Labute approximate surface area is 80.3 Å². The first-order valence-corrected chi connectivity index (χ1v) is 4.99. The van der Waals surface area contributed by atoms with E-state index in [9.17, 15) is 0 Å². The molecule has 2 rings (SSSR count). The minimum atomic E-state index is 0.644. The predicted molar refractivity (Wildman–Crippen MR) is 58.0 cm³/mol. The summed E-state index contributed by atoms with van der Waals surface area (Å²) < 4.78 is 0. The standard InChI is InChI=1S/C13H16/c1-9(2)12-8-7-11-5-4-6-13(11)10(12)3/h4-5,7-9H,6H2,1-3H3. The lowest BCUT2D eigenvalue weighted by atomic mass is 9.92. The highest BCUT2D eigenvalue weighted by atomic mass is 14.2. The number of fused-ring (bicyclic) bond motifs is 1. The number of hydrogen-bond donors (Lipinski definition) is 0. The molecule has 0 unspecified atom stereocenters. The monoisotopic (exact) mass is 172 g/mol. The summed E-state index contributed by atoms with van der Waals surface area (Å²) in [7, 11) is 0. The zero-order valence-electron chi connectivity index (χ0n) is 8.59. The minimum absolute atomic E-state index is 0.644. The molecule has 0 radical (unpaired) electrons. The third-order valence-electron chi connectivity index (χ3n) is 2.92. The molecular weight excluding hydrogens is 156 g/mol. The Hall–Kier alpha value is -1.04. The van der Waals surface area contributed by atoms with Crippen molar-refractivity contribution >= 4 is 6.08 Å². The van der Waals surface area contributed by atoms with E-state index >= 15 is 0 Å². The topological polar surface area (TPSA) is 0 Å². The molecule has 1 aromatic rings. The van der Waals surface area contributed by atoms with Crippen molar-refractivity contribution in [2.24, 2.45) is 0 Å². The maximum absolute atomic E-state index is 2.27. The van der Waals surface area contributed by atoms with Crippen LogP contribution in [-0.4, -0.2) is 0 Å². The molecule has 0 nitrogen and oxygen atoms in total. The molecule has 1 aliphatic rings. The van der Waals surface area contributed by atoms with E-state index in [1.807, 2.05) is 0 Å². The molecule has 0 bridgehead atoms. The first-order chi connectivity index (χ1) is 6.20. The van der Waals surface area contributed by atoms with Gasteiger partial charge in [-0.1, -0.05) is 38.1 Å². The van der Waals surface area contributed by atoms with E-state index in [4.69, 9.17) is 0 Å². The fourth-order valence-corrected chi connectivity index (χ4v) is 2.15. The molecule has 0 saturated heterocycles. The Morgan fingerprint density at radius 1 is 1.23 bits per heavy atom. The molecule has 68 valence electrons. The van der Waals surface area contributed by atoms with Crippen LogP contribution in [0.25, 0.3) is 6.08 Å². The minimum Gasteiger partial charge on any atom is -0.0795 e. The van der Waals surface area contributed by atoms with Gasteiger partial charge in [-0.15, -0.1) is 0 Å². The molecule has 1 aromatic carbocycles. The van der Waals surface area contributed by atoms with E-state index in [0.29, 0.717) is 5.92 Å². The van der Waals surface area contributed by atoms with Crippen molar-refractivity contribution in [3.8, 4) is 0 Å². The fourth-order valence-electron chi connectivity index (χ4n) is 2.15. The quantitative estimate of drug-likeness (QED) is 0.606. The highest BCUT2D eigenvalue weighted by Crippen LogP contribution is 2.29. The summed E-state index contributed by atoms with van der Waals surface area (Å²) in [5, 5.41) is 0. The summed E-state index contributed by atoms with van der Waals surface area (Å²) in [6, 6.07) is 4.52. The van der Waals surface area contributed by atoms with Gasteiger partial charge in [0.25, 0.3) is 0 Å². The molecule has 0 atom stereocenters. The van der Waals surface area contributed by atoms with Gasteiger partial charge in [-0.25, -0.2) is 0 Å². The normalized spacial score (nSPS) is 13.8. The van der Waals surface area contributed by atoms with Gasteiger partial charge >= 0.3 is 0 Å². The van der Waals surface area contributed by atoms with Crippen LogP contribution in [0.3, 0.4) is 0 Å². The summed E-state index contributed by atoms with van der Waals surface area (Å²) in [4.78, 5) is 0. The Balaban J connectivity index is 2.55. The first-order valence-electron chi connectivity index (χ1n) is 4.99. The van der Waals surface area contributed by atoms with Crippen molar-refractivity contribution < 1.29 is 0 Å². The summed E-state index contributed by atoms with van der Waals surface area (Å²) in [6.07, 6.45) is 5.61. The first kappa shape index (κ1) is 8.55. The summed E-state index contributed by atoms with van der Waals surface area (Å²) in [6.45, 7) is 6.77. The molecule has 0 N–H and O–H groups in total. The van der Waals surface area contributed by atoms with E-state index < -0.39 is 0 Å². The van der Waals surface area contributed by atoms with Gasteiger partial charge in [-0.3, -0.25) is 0 Å². The molecule has 13 heavy (non-hydrogen) atoms. The Bertz CT molecular complexity index is 357. The van der Waals surface area contributed by atoms with Crippen LogP contribution in [0.5, 0.6) is 0 Å². The second kappa shape index (κ2) is 3.02. The highest BCUT2D eigenvalue weighted by Gasteiger charge is 2.12. The number of rotatable bonds is 1. The van der Waals surface area contributed by atoms with Gasteiger partial charge < -0.3 is 0 Å². The number of benzene rings is 1. The van der Waals surface area contributed by atoms with Gasteiger partial charge in [0.05, 0.1) is 0 Å². The third-order valence-corrected chi connectivity index (χ3v) is 2.92. The zero-order chi connectivity index (χ0) is 9.42. The van der Waals surface area contributed by atoms with E-state index in [-0.39, 0.29) is 0 Å². The lowest BCUT2D eigenvalue weighted by Gasteiger charge is -2.13. The van der Waals surface area contributed by atoms with Gasteiger partial charge in [0.2, 0.25) is 0 Å². The summed E-state index contributed by atoms with van der Waals surface area (Å²) >= 11 is 0. The van der Waals surface area contributed by atoms with E-state index in [1.54, 1.807) is 0 Å². The predicted octanol–water partition coefficient (Wildman–Crippen LogP) is 3.69. The summed E-state index contributed by atoms with van der Waals surface area (Å²) in [5.41, 5.74) is 5.95. The lowest BCUT2D eigenvalue weighted by molar-refractivity contribution is 0.852. The lowest BCUT2D eigenvalue weighted by Crippen LogP contribution is -1.97. The Morgan fingerprint density at radius 2 is 2.00 bits per heavy atom. The SMILES string of the molecule is Cc1c(C(C)C)ccc2c1CC=C2. The maximum atomic E-state index is 2.27. The Morgan fingerprint density at radius 3 is 2.69 bits per heavy atom. The van der Waals surface area contributed by atoms with Gasteiger partial charge in [0.1, 0.15) is 0 Å². The van der Waals surface area contributed by atoms with Crippen LogP contribution in [-0.2, 0) is 6.42 Å². The molecule has 0 amide bonds. The molecule has 1 aliphatic carbocycles. The van der Waals surface area contributed by atoms with Crippen molar-refractivity contribution in [2.45, 2.75) is 33.1 Å². The molecule has 0 saturated carbocycles. The van der Waals surface area contributed by atoms with Gasteiger partial charge in [0.15, 0.2) is 0 Å². The average molecular weight is 172 g/mol. The van der Waals surface area contributed by atoms with Crippen LogP contribution in [0.15, 0.2) is 18.2 Å². The maximum Gasteiger partial charge on any atom is -0.00854 e. The van der Waals surface area contributed by atoms with Crippen molar-refractivity contribution in [2.75, 3.05) is 0 Å². The molecule has 0 spiro atoms. The van der Waals surface area contributed by atoms with Crippen LogP contribution in [0.1, 0.15) is 42.0 Å². The van der Waals surface area contributed by atoms with Crippen molar-refractivity contribution in [1.29, 1.82) is 0 Å². The molecule has 0 aliphatic heterocycles. The van der Waals surface area contributed by atoms with Crippen LogP contribution >= 0.6 is 0 Å². The molecule has 0 aromatic heterocycles. The van der Waals surface area contributed by atoms with Crippen LogP contribution in [0.2, 0.25) is 0 Å². The van der Waals surface area contributed by atoms with Crippen LogP contribution < -0.4 is 0 Å². The fraction of sp³-hybridized carbons (Fsp3) is 0.385. The van der Waals surface area contributed by atoms with Gasteiger partial charge in [-0.2, -0.15) is 0 Å². The Kier molecular flexibility index (Phi) is 1.99. The van der Waals surface area contributed by atoms with E-state index in [1.165, 1.54) is 22.3 Å². The molecule has 0 fully saturated rings. The smallest absolute Gasteiger partial charge is 0.00854 e. The largest absolute Gasteiger partial charge is 0.0795 e. The molecule has 0 heteroatoms. The molecular formula is C13H16. The van der Waals surface area contributed by atoms with E-state index in [0.717, 1.165) is 6.42 Å². The molecule has 0 heterocycles. The van der Waals surface area contributed by atoms with Crippen LogP contribution in [0, 0.1) is 6.92 Å². The van der Waals surface area contributed by atoms with Gasteiger partial charge in [-0.05, 0) is 41.5 Å². The second-order valence-electron chi connectivity index (χ2n) is 4.11. The number of hydrogen-bond acceptors (Lipinski definition) is 0. The van der Waals surface area contributed by atoms with Crippen molar-refractivity contribution in [3.63, 3.8) is 0 Å². The van der Waals surface area contributed by atoms with E-state index in [2.05, 4.69) is 45.1 Å². The third kappa shape index (κ3) is 1.31. The second-order valence-corrected chi connectivity index (χ2v) is 4.11. The summed E-state index contributed by atoms with van der Waals surface area (Å²) in [5.74, 6) is 0.644. The average Bonchev–Trinajstić information content (AvgIpc) is 2.52. The zero-order valence-corrected chi connectivity index (χ0v) is 8.59. The number of allylic oxidation sites excluding steroid dienone is 1. The van der Waals surface area contributed by atoms with Gasteiger partial charge in [0, 0.05) is 0 Å².